The lowest BCUT2D eigenvalue weighted by Crippen LogP contribution is -2.31. The molecule has 0 spiro atoms. The minimum absolute atomic E-state index is 0.00471. The molecule has 0 aliphatic rings. The van der Waals surface area contributed by atoms with Crippen LogP contribution in [0.4, 0.5) is 0 Å². The SMILES string of the molecule is CCCCN(Cc1ccc(OS(C)(=O)=O)cc1)C(=O)c1ccc(C)cc1. The van der Waals surface area contributed by atoms with E-state index in [0.29, 0.717) is 18.7 Å². The summed E-state index contributed by atoms with van der Waals surface area (Å²) in [7, 11) is -3.54. The zero-order valence-electron chi connectivity index (χ0n) is 15.4. The monoisotopic (exact) mass is 375 g/mol. The zero-order chi connectivity index (χ0) is 19.2. The molecule has 0 bridgehead atoms. The predicted molar refractivity (Wildman–Crippen MR) is 103 cm³/mol. The Hall–Kier alpha value is -2.34. The van der Waals surface area contributed by atoms with Gasteiger partial charge in [0.15, 0.2) is 0 Å². The number of carbonyl (C=O) groups is 1. The van der Waals surface area contributed by atoms with Crippen molar-refractivity contribution in [1.82, 2.24) is 4.90 Å². The minimum atomic E-state index is -3.54. The Balaban J connectivity index is 2.14. The number of amides is 1. The second kappa shape index (κ2) is 8.85. The van der Waals surface area contributed by atoms with Gasteiger partial charge in [0, 0.05) is 18.7 Å². The zero-order valence-corrected chi connectivity index (χ0v) is 16.3. The summed E-state index contributed by atoms with van der Waals surface area (Å²) in [6.07, 6.45) is 2.93. The molecule has 0 aromatic heterocycles. The lowest BCUT2D eigenvalue weighted by Gasteiger charge is -2.23. The molecule has 2 aromatic carbocycles. The summed E-state index contributed by atoms with van der Waals surface area (Å²) in [4.78, 5) is 14.7. The van der Waals surface area contributed by atoms with E-state index in [1.54, 1.807) is 24.3 Å². The van der Waals surface area contributed by atoms with Crippen LogP contribution in [-0.4, -0.2) is 32.0 Å². The fraction of sp³-hybridized carbons (Fsp3) is 0.350. The highest BCUT2D eigenvalue weighted by atomic mass is 32.2. The molecule has 0 aliphatic carbocycles. The van der Waals surface area contributed by atoms with E-state index in [0.717, 1.165) is 30.2 Å². The van der Waals surface area contributed by atoms with Crippen molar-refractivity contribution in [3.05, 3.63) is 65.2 Å². The first-order chi connectivity index (χ1) is 12.3. The summed E-state index contributed by atoms with van der Waals surface area (Å²) < 4.78 is 27.2. The second-order valence-corrected chi connectivity index (χ2v) is 7.95. The third-order valence-electron chi connectivity index (χ3n) is 3.91. The number of nitrogens with zero attached hydrogens (tertiary/aromatic N) is 1. The van der Waals surface area contributed by atoms with Crippen molar-refractivity contribution in [3.63, 3.8) is 0 Å². The molecule has 2 rings (SSSR count). The molecule has 0 aliphatic heterocycles. The van der Waals surface area contributed by atoms with Gasteiger partial charge in [-0.15, -0.1) is 0 Å². The third-order valence-corrected chi connectivity index (χ3v) is 4.41. The number of hydrogen-bond acceptors (Lipinski definition) is 4. The quantitative estimate of drug-likeness (QED) is 0.659. The van der Waals surface area contributed by atoms with Crippen LogP contribution in [0.5, 0.6) is 5.75 Å². The van der Waals surface area contributed by atoms with E-state index in [1.807, 2.05) is 36.1 Å². The van der Waals surface area contributed by atoms with Crippen molar-refractivity contribution in [2.75, 3.05) is 12.8 Å². The molecule has 5 nitrogen and oxygen atoms in total. The van der Waals surface area contributed by atoms with Gasteiger partial charge < -0.3 is 9.08 Å². The van der Waals surface area contributed by atoms with E-state index in [1.165, 1.54) is 0 Å². The summed E-state index contributed by atoms with van der Waals surface area (Å²) in [6.45, 7) is 5.21. The van der Waals surface area contributed by atoms with Gasteiger partial charge in [-0.1, -0.05) is 43.2 Å². The van der Waals surface area contributed by atoms with Crippen LogP contribution in [0.3, 0.4) is 0 Å². The molecule has 0 N–H and O–H groups in total. The van der Waals surface area contributed by atoms with Gasteiger partial charge in [-0.25, -0.2) is 0 Å². The lowest BCUT2D eigenvalue weighted by atomic mass is 10.1. The fourth-order valence-corrected chi connectivity index (χ4v) is 2.99. The summed E-state index contributed by atoms with van der Waals surface area (Å²) in [6, 6.07) is 14.3. The predicted octanol–water partition coefficient (Wildman–Crippen LogP) is 3.78. The van der Waals surface area contributed by atoms with Gasteiger partial charge in [0.05, 0.1) is 6.26 Å². The van der Waals surface area contributed by atoms with E-state index in [9.17, 15) is 13.2 Å². The van der Waals surface area contributed by atoms with Crippen LogP contribution < -0.4 is 4.18 Å². The number of unbranched alkanes of at least 4 members (excludes halogenated alkanes) is 1. The van der Waals surface area contributed by atoms with Crippen LogP contribution in [0, 0.1) is 6.92 Å². The fourth-order valence-electron chi connectivity index (χ4n) is 2.53. The van der Waals surface area contributed by atoms with E-state index < -0.39 is 10.1 Å². The Kier molecular flexibility index (Phi) is 6.80. The molecule has 0 fully saturated rings. The molecule has 0 radical (unpaired) electrons. The average Bonchev–Trinajstić information content (AvgIpc) is 2.59. The number of carbonyl (C=O) groups excluding carboxylic acids is 1. The molecule has 1 amide bonds. The lowest BCUT2D eigenvalue weighted by molar-refractivity contribution is 0.0741. The first-order valence-electron chi connectivity index (χ1n) is 8.63. The molecule has 140 valence electrons. The summed E-state index contributed by atoms with van der Waals surface area (Å²) in [5, 5.41) is 0. The van der Waals surface area contributed by atoms with E-state index in [4.69, 9.17) is 4.18 Å². The highest BCUT2D eigenvalue weighted by Crippen LogP contribution is 2.17. The molecule has 0 heterocycles. The Morgan fingerprint density at radius 3 is 2.19 bits per heavy atom. The Morgan fingerprint density at radius 1 is 1.04 bits per heavy atom. The van der Waals surface area contributed by atoms with Gasteiger partial charge in [-0.3, -0.25) is 4.79 Å². The average molecular weight is 375 g/mol. The van der Waals surface area contributed by atoms with E-state index in [2.05, 4.69) is 6.92 Å². The van der Waals surface area contributed by atoms with E-state index >= 15 is 0 Å². The van der Waals surface area contributed by atoms with Crippen molar-refractivity contribution < 1.29 is 17.4 Å². The highest BCUT2D eigenvalue weighted by Gasteiger charge is 2.16. The molecular formula is C20H25NO4S. The number of hydrogen-bond donors (Lipinski definition) is 0. The number of benzene rings is 2. The maximum Gasteiger partial charge on any atom is 0.306 e. The molecule has 0 unspecified atom stereocenters. The normalized spacial score (nSPS) is 11.2. The van der Waals surface area contributed by atoms with Crippen LogP contribution in [0.1, 0.15) is 41.3 Å². The van der Waals surface area contributed by atoms with Crippen molar-refractivity contribution in [2.24, 2.45) is 0 Å². The van der Waals surface area contributed by atoms with Gasteiger partial charge in [-0.2, -0.15) is 8.42 Å². The Bertz CT molecular complexity index is 827. The largest absolute Gasteiger partial charge is 0.383 e. The summed E-state index contributed by atoms with van der Waals surface area (Å²) >= 11 is 0. The van der Waals surface area contributed by atoms with Crippen LogP contribution >= 0.6 is 0 Å². The smallest absolute Gasteiger partial charge is 0.306 e. The van der Waals surface area contributed by atoms with Crippen molar-refractivity contribution >= 4 is 16.0 Å². The molecule has 0 saturated carbocycles. The highest BCUT2D eigenvalue weighted by molar-refractivity contribution is 7.86. The molecular weight excluding hydrogens is 350 g/mol. The van der Waals surface area contributed by atoms with Gasteiger partial charge >= 0.3 is 10.1 Å². The topological polar surface area (TPSA) is 63.7 Å². The van der Waals surface area contributed by atoms with Gasteiger partial charge in [-0.05, 0) is 43.2 Å². The van der Waals surface area contributed by atoms with Gasteiger partial charge in [0.25, 0.3) is 5.91 Å². The van der Waals surface area contributed by atoms with Crippen LogP contribution in [0.25, 0.3) is 0 Å². The minimum Gasteiger partial charge on any atom is -0.383 e. The van der Waals surface area contributed by atoms with E-state index in [-0.39, 0.29) is 11.7 Å². The first-order valence-corrected chi connectivity index (χ1v) is 10.4. The van der Waals surface area contributed by atoms with Crippen molar-refractivity contribution in [3.8, 4) is 5.75 Å². The summed E-state index contributed by atoms with van der Waals surface area (Å²) in [5.41, 5.74) is 2.70. The maximum atomic E-state index is 12.8. The van der Waals surface area contributed by atoms with Crippen molar-refractivity contribution in [2.45, 2.75) is 33.2 Å². The third kappa shape index (κ3) is 6.19. The first kappa shape index (κ1) is 20.0. The number of rotatable bonds is 8. The van der Waals surface area contributed by atoms with Gasteiger partial charge in [0.2, 0.25) is 0 Å². The van der Waals surface area contributed by atoms with Crippen LogP contribution in [-0.2, 0) is 16.7 Å². The van der Waals surface area contributed by atoms with Crippen LogP contribution in [0.15, 0.2) is 48.5 Å². The molecule has 26 heavy (non-hydrogen) atoms. The Morgan fingerprint density at radius 2 is 1.65 bits per heavy atom. The number of aryl methyl sites for hydroxylation is 1. The molecule has 6 heteroatoms. The summed E-state index contributed by atoms with van der Waals surface area (Å²) in [5.74, 6) is 0.260. The Labute approximate surface area is 155 Å². The maximum absolute atomic E-state index is 12.8. The molecule has 0 saturated heterocycles. The van der Waals surface area contributed by atoms with Crippen molar-refractivity contribution in [1.29, 1.82) is 0 Å². The van der Waals surface area contributed by atoms with Gasteiger partial charge in [0.1, 0.15) is 5.75 Å². The molecule has 2 aromatic rings. The standard InChI is InChI=1S/C20H25NO4S/c1-4-5-14-21(20(22)18-10-6-16(2)7-11-18)15-17-8-12-19(13-9-17)25-26(3,23)24/h6-13H,4-5,14-15H2,1-3H3. The molecule has 0 atom stereocenters. The van der Waals surface area contributed by atoms with Crippen LogP contribution in [0.2, 0.25) is 0 Å². The second-order valence-electron chi connectivity index (χ2n) is 6.38.